The highest BCUT2D eigenvalue weighted by molar-refractivity contribution is 6.06. The van der Waals surface area contributed by atoms with Gasteiger partial charge in [-0.3, -0.25) is 0 Å². The lowest BCUT2D eigenvalue weighted by atomic mass is 9.94. The van der Waals surface area contributed by atoms with Crippen LogP contribution in [0.5, 0.6) is 0 Å². The number of hydrogen-bond donors (Lipinski definition) is 0. The molecule has 10 rings (SSSR count). The Balaban J connectivity index is 1.01. The number of benzene rings is 9. The molecule has 0 radical (unpaired) electrons. The maximum absolute atomic E-state index is 6.25. The number of fused-ring (bicyclic) bond motifs is 3. The molecule has 254 valence electrons. The van der Waals surface area contributed by atoms with Gasteiger partial charge in [0, 0.05) is 27.7 Å². The topological polar surface area (TPSA) is 16.4 Å². The monoisotopic (exact) mass is 689 g/mol. The largest absolute Gasteiger partial charge is 0.456 e. The standard InChI is InChI=1S/C52H35NO/c1-2-17-43(18-3-1)53(44-30-28-37(29-31-44)36-24-26-39(27-25-36)46-22-11-14-38-12-4-6-19-45(38)46)50-33-32-47(48-20-7-8-21-49(48)50)40-15-10-16-41(34-40)52-35-42-13-5-9-23-51(42)54-52/h1-35H. The minimum absolute atomic E-state index is 0.874. The number of hydrogen-bond acceptors (Lipinski definition) is 2. The molecule has 0 aliphatic carbocycles. The molecule has 9 aromatic carbocycles. The highest BCUT2D eigenvalue weighted by atomic mass is 16.3. The van der Waals surface area contributed by atoms with Crippen LogP contribution in [0.3, 0.4) is 0 Å². The Morgan fingerprint density at radius 1 is 0.315 bits per heavy atom. The molecule has 0 amide bonds. The smallest absolute Gasteiger partial charge is 0.135 e. The van der Waals surface area contributed by atoms with E-state index in [-0.39, 0.29) is 0 Å². The fourth-order valence-corrected chi connectivity index (χ4v) is 7.82. The van der Waals surface area contributed by atoms with Crippen LogP contribution in [-0.2, 0) is 0 Å². The van der Waals surface area contributed by atoms with Crippen LogP contribution < -0.4 is 4.90 Å². The van der Waals surface area contributed by atoms with Gasteiger partial charge in [0.15, 0.2) is 0 Å². The Bertz CT molecular complexity index is 2880. The van der Waals surface area contributed by atoms with E-state index in [1.54, 1.807) is 0 Å². The third-order valence-corrected chi connectivity index (χ3v) is 10.5. The Labute approximate surface area is 314 Å². The molecule has 0 fully saturated rings. The molecule has 1 aromatic heterocycles. The summed E-state index contributed by atoms with van der Waals surface area (Å²) in [6, 6.07) is 75.9. The molecule has 0 saturated heterocycles. The normalized spacial score (nSPS) is 11.3. The fraction of sp³-hybridized carbons (Fsp3) is 0. The van der Waals surface area contributed by atoms with E-state index in [0.29, 0.717) is 0 Å². The van der Waals surface area contributed by atoms with E-state index >= 15 is 0 Å². The van der Waals surface area contributed by atoms with Crippen LogP contribution in [0.1, 0.15) is 0 Å². The van der Waals surface area contributed by atoms with Gasteiger partial charge in [-0.25, -0.2) is 0 Å². The lowest BCUT2D eigenvalue weighted by Gasteiger charge is -2.27. The number of furan rings is 1. The summed E-state index contributed by atoms with van der Waals surface area (Å²) < 4.78 is 6.25. The fourth-order valence-electron chi connectivity index (χ4n) is 7.82. The summed E-state index contributed by atoms with van der Waals surface area (Å²) in [6.07, 6.45) is 0. The van der Waals surface area contributed by atoms with Gasteiger partial charge in [-0.2, -0.15) is 0 Å². The summed E-state index contributed by atoms with van der Waals surface area (Å²) in [6.45, 7) is 0. The van der Waals surface area contributed by atoms with Gasteiger partial charge >= 0.3 is 0 Å². The van der Waals surface area contributed by atoms with Crippen molar-refractivity contribution in [1.29, 1.82) is 0 Å². The SMILES string of the molecule is c1ccc(N(c2ccc(-c3ccc(-c4cccc5ccccc45)cc3)cc2)c2ccc(-c3cccc(-c4cc5ccccc5o4)c3)c3ccccc23)cc1. The summed E-state index contributed by atoms with van der Waals surface area (Å²) >= 11 is 0. The predicted molar refractivity (Wildman–Crippen MR) is 228 cm³/mol. The summed E-state index contributed by atoms with van der Waals surface area (Å²) in [5.41, 5.74) is 12.5. The molecule has 0 saturated carbocycles. The maximum atomic E-state index is 6.25. The van der Waals surface area contributed by atoms with Gasteiger partial charge in [0.25, 0.3) is 0 Å². The zero-order valence-electron chi connectivity index (χ0n) is 29.6. The second-order valence-electron chi connectivity index (χ2n) is 13.7. The number of anilines is 3. The highest BCUT2D eigenvalue weighted by Crippen LogP contribution is 2.43. The minimum atomic E-state index is 0.874. The molecule has 0 spiro atoms. The van der Waals surface area contributed by atoms with Crippen molar-refractivity contribution >= 4 is 49.6 Å². The Hall–Kier alpha value is -7.16. The van der Waals surface area contributed by atoms with Gasteiger partial charge in [0.2, 0.25) is 0 Å². The average Bonchev–Trinajstić information content (AvgIpc) is 3.69. The summed E-state index contributed by atoms with van der Waals surface area (Å²) in [7, 11) is 0. The van der Waals surface area contributed by atoms with E-state index in [0.717, 1.165) is 44.9 Å². The Morgan fingerprint density at radius 3 is 1.69 bits per heavy atom. The Morgan fingerprint density at radius 2 is 0.889 bits per heavy atom. The number of para-hydroxylation sites is 2. The highest BCUT2D eigenvalue weighted by Gasteiger charge is 2.18. The van der Waals surface area contributed by atoms with Crippen molar-refractivity contribution in [1.82, 2.24) is 0 Å². The zero-order valence-corrected chi connectivity index (χ0v) is 29.6. The molecular formula is C52H35NO. The molecule has 0 N–H and O–H groups in total. The molecule has 0 aliphatic heterocycles. The third-order valence-electron chi connectivity index (χ3n) is 10.5. The number of rotatable bonds is 7. The van der Waals surface area contributed by atoms with Crippen LogP contribution in [0.2, 0.25) is 0 Å². The molecule has 0 aliphatic rings. The average molecular weight is 690 g/mol. The van der Waals surface area contributed by atoms with Gasteiger partial charge in [0.05, 0.1) is 5.69 Å². The van der Waals surface area contributed by atoms with Crippen molar-refractivity contribution in [3.8, 4) is 44.7 Å². The first-order valence-electron chi connectivity index (χ1n) is 18.4. The molecule has 0 atom stereocenters. The van der Waals surface area contributed by atoms with Crippen LogP contribution >= 0.6 is 0 Å². The maximum Gasteiger partial charge on any atom is 0.135 e. The van der Waals surface area contributed by atoms with Crippen molar-refractivity contribution < 1.29 is 4.42 Å². The van der Waals surface area contributed by atoms with E-state index in [1.165, 1.54) is 49.4 Å². The van der Waals surface area contributed by atoms with Crippen LogP contribution in [-0.4, -0.2) is 0 Å². The van der Waals surface area contributed by atoms with Crippen LogP contribution in [0.25, 0.3) is 77.2 Å². The lowest BCUT2D eigenvalue weighted by molar-refractivity contribution is 0.631. The first-order chi connectivity index (χ1) is 26.8. The summed E-state index contributed by atoms with van der Waals surface area (Å²) in [5.74, 6) is 0.874. The van der Waals surface area contributed by atoms with Crippen LogP contribution in [0.15, 0.2) is 217 Å². The van der Waals surface area contributed by atoms with Crippen molar-refractivity contribution in [2.45, 2.75) is 0 Å². The van der Waals surface area contributed by atoms with Crippen LogP contribution in [0, 0.1) is 0 Å². The van der Waals surface area contributed by atoms with Crippen molar-refractivity contribution in [3.63, 3.8) is 0 Å². The zero-order chi connectivity index (χ0) is 35.8. The van der Waals surface area contributed by atoms with Crippen LogP contribution in [0.4, 0.5) is 17.1 Å². The first kappa shape index (κ1) is 31.6. The van der Waals surface area contributed by atoms with E-state index < -0.39 is 0 Å². The minimum Gasteiger partial charge on any atom is -0.456 e. The molecule has 2 nitrogen and oxygen atoms in total. The third kappa shape index (κ3) is 5.71. The second-order valence-corrected chi connectivity index (χ2v) is 13.7. The molecule has 0 unspecified atom stereocenters. The summed E-state index contributed by atoms with van der Waals surface area (Å²) in [4.78, 5) is 2.37. The molecule has 1 heterocycles. The quantitative estimate of drug-likeness (QED) is 0.166. The number of nitrogens with zero attached hydrogens (tertiary/aromatic N) is 1. The molecule has 10 aromatic rings. The lowest BCUT2D eigenvalue weighted by Crippen LogP contribution is -2.10. The molecule has 2 heteroatoms. The molecule has 0 bridgehead atoms. The van der Waals surface area contributed by atoms with E-state index in [1.807, 2.05) is 18.2 Å². The van der Waals surface area contributed by atoms with Gasteiger partial charge in [0.1, 0.15) is 11.3 Å². The van der Waals surface area contributed by atoms with E-state index in [9.17, 15) is 0 Å². The summed E-state index contributed by atoms with van der Waals surface area (Å²) in [5, 5.41) is 6.02. The van der Waals surface area contributed by atoms with Crippen molar-refractivity contribution in [2.24, 2.45) is 0 Å². The van der Waals surface area contributed by atoms with Gasteiger partial charge < -0.3 is 9.32 Å². The van der Waals surface area contributed by atoms with E-state index in [2.05, 4.69) is 199 Å². The van der Waals surface area contributed by atoms with Gasteiger partial charge in [-0.1, -0.05) is 164 Å². The second kappa shape index (κ2) is 13.4. The van der Waals surface area contributed by atoms with Gasteiger partial charge in [-0.15, -0.1) is 0 Å². The predicted octanol–water partition coefficient (Wildman–Crippen LogP) is 14.9. The van der Waals surface area contributed by atoms with Crippen molar-refractivity contribution in [2.75, 3.05) is 4.90 Å². The Kier molecular flexibility index (Phi) is 7.85. The first-order valence-corrected chi connectivity index (χ1v) is 18.4. The van der Waals surface area contributed by atoms with E-state index in [4.69, 9.17) is 4.42 Å². The molecule has 54 heavy (non-hydrogen) atoms. The van der Waals surface area contributed by atoms with Gasteiger partial charge in [-0.05, 0) is 98.1 Å². The van der Waals surface area contributed by atoms with Crippen molar-refractivity contribution in [3.05, 3.63) is 212 Å². The molecular weight excluding hydrogens is 655 g/mol.